The standard InChI is InChI=1S/C21H20ClN3O3S/c22-19-5-1-17(2-6-19)14-29(27,28)15-18-3-7-20(8-4-18)25-21(26)24-13-16-9-11-23-12-10-16/h1-12H,13-15H2,(H2,24,25,26). The minimum Gasteiger partial charge on any atom is -0.334 e. The van der Waals surface area contributed by atoms with Gasteiger partial charge in [-0.2, -0.15) is 0 Å². The third-order valence-corrected chi connectivity index (χ3v) is 5.90. The number of nitrogens with one attached hydrogen (secondary N) is 2. The van der Waals surface area contributed by atoms with Gasteiger partial charge in [0.2, 0.25) is 0 Å². The Morgan fingerprint density at radius 1 is 0.828 bits per heavy atom. The van der Waals surface area contributed by atoms with Crippen molar-refractivity contribution in [2.45, 2.75) is 18.1 Å². The number of halogens is 1. The maximum Gasteiger partial charge on any atom is 0.319 e. The molecule has 3 aromatic rings. The molecule has 0 aliphatic heterocycles. The number of urea groups is 1. The van der Waals surface area contributed by atoms with Gasteiger partial charge in [0, 0.05) is 29.6 Å². The van der Waals surface area contributed by atoms with Gasteiger partial charge in [-0.1, -0.05) is 35.9 Å². The largest absolute Gasteiger partial charge is 0.334 e. The van der Waals surface area contributed by atoms with Gasteiger partial charge in [-0.3, -0.25) is 4.98 Å². The number of hydrogen-bond donors (Lipinski definition) is 2. The minimum absolute atomic E-state index is 0.0540. The molecule has 29 heavy (non-hydrogen) atoms. The molecule has 150 valence electrons. The monoisotopic (exact) mass is 429 g/mol. The van der Waals surface area contributed by atoms with Crippen LogP contribution in [0.5, 0.6) is 0 Å². The van der Waals surface area contributed by atoms with Gasteiger partial charge < -0.3 is 10.6 Å². The molecule has 1 heterocycles. The van der Waals surface area contributed by atoms with Crippen LogP contribution in [0, 0.1) is 0 Å². The Morgan fingerprint density at radius 3 is 1.97 bits per heavy atom. The summed E-state index contributed by atoms with van der Waals surface area (Å²) in [5.74, 6) is -0.133. The molecule has 0 saturated heterocycles. The molecule has 0 aliphatic carbocycles. The van der Waals surface area contributed by atoms with Gasteiger partial charge in [0.05, 0.1) is 11.5 Å². The smallest absolute Gasteiger partial charge is 0.319 e. The Hall–Kier alpha value is -2.90. The average Bonchev–Trinajstić information content (AvgIpc) is 2.70. The molecular formula is C21H20ClN3O3S. The zero-order valence-electron chi connectivity index (χ0n) is 15.5. The zero-order valence-corrected chi connectivity index (χ0v) is 17.1. The number of hydrogen-bond acceptors (Lipinski definition) is 4. The number of pyridine rings is 1. The minimum atomic E-state index is -3.32. The van der Waals surface area contributed by atoms with E-state index >= 15 is 0 Å². The second kappa shape index (κ2) is 9.54. The van der Waals surface area contributed by atoms with Gasteiger partial charge in [-0.15, -0.1) is 0 Å². The average molecular weight is 430 g/mol. The Balaban J connectivity index is 1.52. The number of carbonyl (C=O) groups is 1. The predicted molar refractivity (Wildman–Crippen MR) is 114 cm³/mol. The molecule has 2 N–H and O–H groups in total. The van der Waals surface area contributed by atoms with Gasteiger partial charge in [0.1, 0.15) is 0 Å². The Kier molecular flexibility index (Phi) is 6.85. The van der Waals surface area contributed by atoms with Crippen molar-refractivity contribution in [2.24, 2.45) is 0 Å². The van der Waals surface area contributed by atoms with Crippen molar-refractivity contribution in [1.82, 2.24) is 10.3 Å². The van der Waals surface area contributed by atoms with Crippen LogP contribution < -0.4 is 10.6 Å². The summed E-state index contributed by atoms with van der Waals surface area (Å²) in [6.45, 7) is 0.384. The van der Waals surface area contributed by atoms with Crippen LogP contribution in [0.4, 0.5) is 10.5 Å². The maximum atomic E-state index is 12.4. The Morgan fingerprint density at radius 2 is 1.38 bits per heavy atom. The van der Waals surface area contributed by atoms with Crippen LogP contribution in [0.2, 0.25) is 5.02 Å². The zero-order chi connectivity index (χ0) is 20.7. The molecule has 0 aliphatic rings. The van der Waals surface area contributed by atoms with Crippen molar-refractivity contribution in [3.63, 3.8) is 0 Å². The SMILES string of the molecule is O=C(NCc1ccncc1)Nc1ccc(CS(=O)(=O)Cc2ccc(Cl)cc2)cc1. The van der Waals surface area contributed by atoms with Crippen molar-refractivity contribution in [3.8, 4) is 0 Å². The van der Waals surface area contributed by atoms with Crippen LogP contribution in [-0.4, -0.2) is 19.4 Å². The molecule has 0 atom stereocenters. The molecule has 0 fully saturated rings. The summed E-state index contributed by atoms with van der Waals surface area (Å²) in [5.41, 5.74) is 2.87. The first-order valence-corrected chi connectivity index (χ1v) is 11.1. The number of carbonyl (C=O) groups excluding carboxylic acids is 1. The molecule has 6 nitrogen and oxygen atoms in total. The van der Waals surface area contributed by atoms with E-state index in [4.69, 9.17) is 11.6 Å². The third-order valence-electron chi connectivity index (χ3n) is 4.10. The quantitative estimate of drug-likeness (QED) is 0.590. The number of nitrogens with zero attached hydrogens (tertiary/aromatic N) is 1. The molecular weight excluding hydrogens is 410 g/mol. The lowest BCUT2D eigenvalue weighted by molar-refractivity contribution is 0.251. The molecule has 2 amide bonds. The predicted octanol–water partition coefficient (Wildman–Crippen LogP) is 4.17. The molecule has 8 heteroatoms. The maximum absolute atomic E-state index is 12.4. The van der Waals surface area contributed by atoms with E-state index in [2.05, 4.69) is 15.6 Å². The van der Waals surface area contributed by atoms with Crippen molar-refractivity contribution < 1.29 is 13.2 Å². The normalized spacial score (nSPS) is 11.1. The second-order valence-electron chi connectivity index (χ2n) is 6.52. The van der Waals surface area contributed by atoms with E-state index in [1.807, 2.05) is 12.1 Å². The van der Waals surface area contributed by atoms with Crippen LogP contribution in [0.15, 0.2) is 73.1 Å². The van der Waals surface area contributed by atoms with Gasteiger partial charge in [0.15, 0.2) is 9.84 Å². The molecule has 0 unspecified atom stereocenters. The molecule has 0 radical (unpaired) electrons. The number of sulfone groups is 1. The fraction of sp³-hybridized carbons (Fsp3) is 0.143. The highest BCUT2D eigenvalue weighted by atomic mass is 35.5. The molecule has 0 spiro atoms. The van der Waals surface area contributed by atoms with Crippen LogP contribution in [0.25, 0.3) is 0 Å². The van der Waals surface area contributed by atoms with Crippen LogP contribution in [-0.2, 0) is 27.9 Å². The van der Waals surface area contributed by atoms with Gasteiger partial charge >= 0.3 is 6.03 Å². The fourth-order valence-electron chi connectivity index (χ4n) is 2.68. The van der Waals surface area contributed by atoms with E-state index in [1.54, 1.807) is 60.9 Å². The molecule has 0 saturated carbocycles. The van der Waals surface area contributed by atoms with Gasteiger partial charge in [-0.25, -0.2) is 13.2 Å². The van der Waals surface area contributed by atoms with E-state index < -0.39 is 9.84 Å². The van der Waals surface area contributed by atoms with E-state index in [1.165, 1.54) is 0 Å². The summed E-state index contributed by atoms with van der Waals surface area (Å²) >= 11 is 5.83. The number of benzene rings is 2. The first kappa shape index (κ1) is 20.8. The molecule has 2 aromatic carbocycles. The van der Waals surface area contributed by atoms with Crippen molar-refractivity contribution >= 4 is 33.2 Å². The number of rotatable bonds is 7. The van der Waals surface area contributed by atoms with Gasteiger partial charge in [0.25, 0.3) is 0 Å². The number of amides is 2. The lowest BCUT2D eigenvalue weighted by atomic mass is 10.2. The first-order chi connectivity index (χ1) is 13.9. The van der Waals surface area contributed by atoms with E-state index in [9.17, 15) is 13.2 Å². The molecule has 1 aromatic heterocycles. The van der Waals surface area contributed by atoms with Crippen molar-refractivity contribution in [3.05, 3.63) is 94.8 Å². The highest BCUT2D eigenvalue weighted by Gasteiger charge is 2.13. The highest BCUT2D eigenvalue weighted by Crippen LogP contribution is 2.17. The van der Waals surface area contributed by atoms with Crippen molar-refractivity contribution in [1.29, 1.82) is 0 Å². The lowest BCUT2D eigenvalue weighted by Gasteiger charge is -2.09. The number of anilines is 1. The molecule has 3 rings (SSSR count). The summed E-state index contributed by atoms with van der Waals surface area (Å²) in [4.78, 5) is 15.9. The summed E-state index contributed by atoms with van der Waals surface area (Å²) in [6.07, 6.45) is 3.32. The lowest BCUT2D eigenvalue weighted by Crippen LogP contribution is -2.28. The van der Waals surface area contributed by atoms with E-state index in [0.29, 0.717) is 28.4 Å². The Labute approximate surface area is 174 Å². The van der Waals surface area contributed by atoms with Crippen LogP contribution >= 0.6 is 11.6 Å². The first-order valence-electron chi connectivity index (χ1n) is 8.87. The summed E-state index contributed by atoms with van der Waals surface area (Å²) in [5, 5.41) is 6.04. The van der Waals surface area contributed by atoms with Crippen molar-refractivity contribution in [2.75, 3.05) is 5.32 Å². The summed E-state index contributed by atoms with van der Waals surface area (Å²) in [7, 11) is -3.32. The summed E-state index contributed by atoms with van der Waals surface area (Å²) in [6, 6.07) is 16.8. The van der Waals surface area contributed by atoms with E-state index in [-0.39, 0.29) is 17.5 Å². The van der Waals surface area contributed by atoms with Crippen LogP contribution in [0.3, 0.4) is 0 Å². The topological polar surface area (TPSA) is 88.2 Å². The number of aromatic nitrogens is 1. The molecule has 0 bridgehead atoms. The van der Waals surface area contributed by atoms with Crippen LogP contribution in [0.1, 0.15) is 16.7 Å². The summed E-state index contributed by atoms with van der Waals surface area (Å²) < 4.78 is 24.8. The second-order valence-corrected chi connectivity index (χ2v) is 9.02. The highest BCUT2D eigenvalue weighted by molar-refractivity contribution is 7.89. The fourth-order valence-corrected chi connectivity index (χ4v) is 4.31. The Bertz CT molecular complexity index is 1050. The van der Waals surface area contributed by atoms with Gasteiger partial charge in [-0.05, 0) is 53.1 Å². The van der Waals surface area contributed by atoms with E-state index in [0.717, 1.165) is 5.56 Å². The third kappa shape index (κ3) is 6.89.